The summed E-state index contributed by atoms with van der Waals surface area (Å²) in [5.74, 6) is -2.02. The number of alkyl halides is 3. The summed E-state index contributed by atoms with van der Waals surface area (Å²) in [4.78, 5) is 24.8. The minimum Gasteiger partial charge on any atom is -0.494 e. The number of hydrogen-bond donors (Lipinski definition) is 0. The summed E-state index contributed by atoms with van der Waals surface area (Å²) >= 11 is 0. The Morgan fingerprint density at radius 2 is 1.29 bits per heavy atom. The van der Waals surface area contributed by atoms with Crippen LogP contribution in [0.3, 0.4) is 0 Å². The van der Waals surface area contributed by atoms with Crippen LogP contribution in [0.1, 0.15) is 107 Å². The maximum Gasteiger partial charge on any atom is 0.425 e. The molecule has 0 spiro atoms. The van der Waals surface area contributed by atoms with Gasteiger partial charge in [0.2, 0.25) is 0 Å². The molecule has 0 aliphatic carbocycles. The molecule has 3 rings (SSSR count). The molecule has 5 nitrogen and oxygen atoms in total. The van der Waals surface area contributed by atoms with E-state index >= 15 is 0 Å². The van der Waals surface area contributed by atoms with Crippen molar-refractivity contribution in [3.8, 4) is 22.6 Å². The van der Waals surface area contributed by atoms with Crippen LogP contribution in [0, 0.1) is 5.82 Å². The smallest absolute Gasteiger partial charge is 0.425 e. The van der Waals surface area contributed by atoms with Gasteiger partial charge in [0.25, 0.3) is 0 Å². The van der Waals surface area contributed by atoms with E-state index in [4.69, 9.17) is 9.47 Å². The number of unbranched alkanes of at least 4 members (excludes halogenated alkanes) is 9. The predicted octanol–water partition coefficient (Wildman–Crippen LogP) is 11.3. The first-order valence-corrected chi connectivity index (χ1v) is 16.9. The van der Waals surface area contributed by atoms with Crippen molar-refractivity contribution in [2.24, 2.45) is 0 Å². The molecule has 0 amide bonds. The molecular weight excluding hydrogens is 624 g/mol. The van der Waals surface area contributed by atoms with Crippen LogP contribution in [-0.4, -0.2) is 30.8 Å². The first-order valence-electron chi connectivity index (χ1n) is 16.9. The van der Waals surface area contributed by atoms with E-state index in [1.165, 1.54) is 50.7 Å². The van der Waals surface area contributed by atoms with Crippen LogP contribution in [0.15, 0.2) is 72.8 Å². The molecule has 0 fully saturated rings. The number of esters is 2. The molecule has 1 unspecified atom stereocenters. The van der Waals surface area contributed by atoms with Gasteiger partial charge in [-0.25, -0.2) is 14.0 Å². The van der Waals surface area contributed by atoms with Crippen molar-refractivity contribution < 1.29 is 41.4 Å². The molecule has 0 saturated carbocycles. The third-order valence-electron chi connectivity index (χ3n) is 7.85. The summed E-state index contributed by atoms with van der Waals surface area (Å²) in [6.45, 7) is 4.84. The molecular formula is C39H46F4O5. The van der Waals surface area contributed by atoms with E-state index in [9.17, 15) is 27.2 Å². The van der Waals surface area contributed by atoms with Crippen LogP contribution in [0.2, 0.25) is 0 Å². The van der Waals surface area contributed by atoms with Crippen molar-refractivity contribution in [1.29, 1.82) is 0 Å². The average Bonchev–Trinajstić information content (AvgIpc) is 3.07. The number of benzene rings is 3. The van der Waals surface area contributed by atoms with Gasteiger partial charge in [0.1, 0.15) is 17.3 Å². The molecule has 3 aromatic carbocycles. The van der Waals surface area contributed by atoms with Crippen LogP contribution in [0.5, 0.6) is 11.5 Å². The lowest BCUT2D eigenvalue weighted by molar-refractivity contribution is -0.220. The summed E-state index contributed by atoms with van der Waals surface area (Å²) in [5.41, 5.74) is 2.02. The normalized spacial score (nSPS) is 12.2. The molecule has 0 radical (unpaired) electrons. The van der Waals surface area contributed by atoms with Gasteiger partial charge in [0.05, 0.1) is 12.2 Å². The van der Waals surface area contributed by atoms with E-state index in [1.54, 1.807) is 24.3 Å². The highest BCUT2D eigenvalue weighted by Gasteiger charge is 2.42. The van der Waals surface area contributed by atoms with Crippen molar-refractivity contribution in [1.82, 2.24) is 0 Å². The number of carbonyl (C=O) groups is 2. The topological polar surface area (TPSA) is 61.8 Å². The molecule has 0 aromatic heterocycles. The number of halogens is 4. The van der Waals surface area contributed by atoms with Crippen LogP contribution < -0.4 is 9.47 Å². The molecule has 9 heteroatoms. The summed E-state index contributed by atoms with van der Waals surface area (Å²) in [6, 6.07) is 18.1. The Morgan fingerprint density at radius 1 is 0.729 bits per heavy atom. The molecule has 48 heavy (non-hydrogen) atoms. The standard InChI is InChI=1S/C39H46F4O5/c1-3-5-7-9-10-11-13-27-46-33-23-19-30(20-24-33)29-15-17-32(18-16-29)38(45)47-34-25-21-31(35(40)28-34)22-26-37(44)48-36(39(41,42)43)14-12-8-6-4-2/h15-26,28,36H,3-14,27H2,1-2H3. The van der Waals surface area contributed by atoms with Crippen LogP contribution >= 0.6 is 0 Å². The molecule has 260 valence electrons. The lowest BCUT2D eigenvalue weighted by atomic mass is 10.0. The molecule has 0 saturated heterocycles. The average molecular weight is 671 g/mol. The fourth-order valence-corrected chi connectivity index (χ4v) is 5.05. The number of ether oxygens (including phenoxy) is 3. The summed E-state index contributed by atoms with van der Waals surface area (Å²) < 4.78 is 70.3. The number of carbonyl (C=O) groups excluding carboxylic acids is 2. The van der Waals surface area contributed by atoms with Gasteiger partial charge in [-0.3, -0.25) is 0 Å². The van der Waals surface area contributed by atoms with E-state index in [0.29, 0.717) is 13.0 Å². The van der Waals surface area contributed by atoms with E-state index in [-0.39, 0.29) is 29.7 Å². The van der Waals surface area contributed by atoms with E-state index in [0.717, 1.165) is 54.4 Å². The Hall–Kier alpha value is -4.14. The highest BCUT2D eigenvalue weighted by Crippen LogP contribution is 2.28. The minimum atomic E-state index is -4.69. The van der Waals surface area contributed by atoms with E-state index in [2.05, 4.69) is 11.7 Å². The molecule has 0 aliphatic heterocycles. The molecule has 0 heterocycles. The van der Waals surface area contributed by atoms with Gasteiger partial charge >= 0.3 is 18.1 Å². The summed E-state index contributed by atoms with van der Waals surface area (Å²) in [6.07, 6.45) is 5.62. The third kappa shape index (κ3) is 13.5. The fourth-order valence-electron chi connectivity index (χ4n) is 5.05. The lowest BCUT2D eigenvalue weighted by Gasteiger charge is -2.19. The Kier molecular flexibility index (Phi) is 16.2. The fraction of sp³-hybridized carbons (Fsp3) is 0.436. The Balaban J connectivity index is 1.48. The van der Waals surface area contributed by atoms with Gasteiger partial charge in [-0.1, -0.05) is 95.9 Å². The van der Waals surface area contributed by atoms with Crippen molar-refractivity contribution >= 4 is 18.0 Å². The zero-order valence-corrected chi connectivity index (χ0v) is 27.8. The largest absolute Gasteiger partial charge is 0.494 e. The van der Waals surface area contributed by atoms with E-state index < -0.39 is 30.0 Å². The second kappa shape index (κ2) is 20.3. The highest BCUT2D eigenvalue weighted by molar-refractivity contribution is 5.92. The van der Waals surface area contributed by atoms with Gasteiger partial charge in [-0.15, -0.1) is 0 Å². The van der Waals surface area contributed by atoms with E-state index in [1.807, 2.05) is 31.2 Å². The van der Waals surface area contributed by atoms with Crippen molar-refractivity contribution in [3.05, 3.63) is 89.8 Å². The second-order valence-corrected chi connectivity index (χ2v) is 11.8. The van der Waals surface area contributed by atoms with Gasteiger partial charge in [-0.2, -0.15) is 13.2 Å². The minimum absolute atomic E-state index is 0.0717. The van der Waals surface area contributed by atoms with Gasteiger partial charge in [0, 0.05) is 17.7 Å². The molecule has 0 N–H and O–H groups in total. The summed E-state index contributed by atoms with van der Waals surface area (Å²) in [7, 11) is 0. The SMILES string of the molecule is CCCCCCCCCOc1ccc(-c2ccc(C(=O)Oc3ccc(C=CC(=O)OC(CCCCCC)C(F)(F)F)c(F)c3)cc2)cc1. The van der Waals surface area contributed by atoms with Crippen molar-refractivity contribution in [3.63, 3.8) is 0 Å². The Morgan fingerprint density at radius 3 is 1.90 bits per heavy atom. The summed E-state index contributed by atoms with van der Waals surface area (Å²) in [5, 5.41) is 0. The predicted molar refractivity (Wildman–Crippen MR) is 180 cm³/mol. The van der Waals surface area contributed by atoms with Gasteiger partial charge < -0.3 is 14.2 Å². The van der Waals surface area contributed by atoms with Crippen LogP contribution in [0.25, 0.3) is 17.2 Å². The maximum atomic E-state index is 14.7. The second-order valence-electron chi connectivity index (χ2n) is 11.8. The van der Waals surface area contributed by atoms with Gasteiger partial charge in [-0.05, 0) is 72.9 Å². The quantitative estimate of drug-likeness (QED) is 0.0394. The van der Waals surface area contributed by atoms with Gasteiger partial charge in [0.15, 0.2) is 6.10 Å². The molecule has 1 atom stereocenters. The molecule has 3 aromatic rings. The first-order chi connectivity index (χ1) is 23.1. The molecule has 0 aliphatic rings. The van der Waals surface area contributed by atoms with Crippen LogP contribution in [-0.2, 0) is 9.53 Å². The van der Waals surface area contributed by atoms with Crippen molar-refractivity contribution in [2.45, 2.75) is 103 Å². The number of rotatable bonds is 20. The number of hydrogen-bond acceptors (Lipinski definition) is 5. The monoisotopic (exact) mass is 670 g/mol. The van der Waals surface area contributed by atoms with Crippen molar-refractivity contribution in [2.75, 3.05) is 6.61 Å². The Bertz CT molecular complexity index is 1430. The Labute approximate surface area is 281 Å². The van der Waals surface area contributed by atoms with Crippen LogP contribution in [0.4, 0.5) is 17.6 Å². The zero-order chi connectivity index (χ0) is 34.8. The lowest BCUT2D eigenvalue weighted by Crippen LogP contribution is -2.33. The first kappa shape index (κ1) is 38.3. The third-order valence-corrected chi connectivity index (χ3v) is 7.85. The highest BCUT2D eigenvalue weighted by atomic mass is 19.4. The molecule has 0 bridgehead atoms. The maximum absolute atomic E-state index is 14.7. The zero-order valence-electron chi connectivity index (χ0n) is 27.8.